The molecular formula is C12H14INO2. The van der Waals surface area contributed by atoms with Gasteiger partial charge in [0.1, 0.15) is 0 Å². The molecule has 1 aliphatic heterocycles. The monoisotopic (exact) mass is 331 g/mol. The fourth-order valence-corrected chi connectivity index (χ4v) is 2.39. The van der Waals surface area contributed by atoms with E-state index >= 15 is 0 Å². The molecule has 0 radical (unpaired) electrons. The molecule has 1 aromatic carbocycles. The smallest absolute Gasteiger partial charge is 0.230 e. The minimum absolute atomic E-state index is 0.0176. The minimum atomic E-state index is -0.0176. The van der Waals surface area contributed by atoms with Crippen LogP contribution in [-0.4, -0.2) is 18.6 Å². The number of hydrogen-bond donors (Lipinski definition) is 1. The van der Waals surface area contributed by atoms with Crippen molar-refractivity contribution in [2.45, 2.75) is 19.4 Å². The van der Waals surface area contributed by atoms with E-state index in [-0.39, 0.29) is 17.9 Å². The maximum atomic E-state index is 12.0. The average molecular weight is 331 g/mol. The topological polar surface area (TPSA) is 38.3 Å². The third kappa shape index (κ3) is 2.55. The molecule has 1 fully saturated rings. The summed E-state index contributed by atoms with van der Waals surface area (Å²) in [5.41, 5.74) is 0.882. The van der Waals surface area contributed by atoms with E-state index in [9.17, 15) is 4.79 Å². The molecule has 0 aliphatic carbocycles. The molecule has 2 rings (SSSR count). The number of nitrogens with one attached hydrogen (secondary N) is 1. The summed E-state index contributed by atoms with van der Waals surface area (Å²) in [5, 5.41) is 2.96. The second-order valence-electron chi connectivity index (χ2n) is 3.94. The molecule has 1 aliphatic rings. The minimum Gasteiger partial charge on any atom is -0.378 e. The summed E-state index contributed by atoms with van der Waals surface area (Å²) in [6, 6.07) is 7.77. The standard InChI is InChI=1S/C12H14INO2/c1-8-9(6-7-16-8)12(15)14-11-5-3-2-4-10(11)13/h2-5,8-9H,6-7H2,1H3,(H,14,15). The third-order valence-electron chi connectivity index (χ3n) is 2.84. The molecule has 1 N–H and O–H groups in total. The molecule has 86 valence electrons. The second kappa shape index (κ2) is 5.14. The molecule has 16 heavy (non-hydrogen) atoms. The molecule has 2 atom stereocenters. The Labute approximate surface area is 109 Å². The number of amides is 1. The SMILES string of the molecule is CC1OCCC1C(=O)Nc1ccccc1I. The Morgan fingerprint density at radius 1 is 1.50 bits per heavy atom. The van der Waals surface area contributed by atoms with Gasteiger partial charge in [0.25, 0.3) is 0 Å². The predicted molar refractivity (Wildman–Crippen MR) is 71.3 cm³/mol. The summed E-state index contributed by atoms with van der Waals surface area (Å²) in [5.74, 6) is 0.0464. The maximum absolute atomic E-state index is 12.0. The number of rotatable bonds is 2. The number of ether oxygens (including phenoxy) is 1. The first-order valence-corrected chi connectivity index (χ1v) is 6.43. The predicted octanol–water partition coefficient (Wildman–Crippen LogP) is 2.65. The Balaban J connectivity index is 2.05. The van der Waals surface area contributed by atoms with Gasteiger partial charge in [0.2, 0.25) is 5.91 Å². The lowest BCUT2D eigenvalue weighted by Gasteiger charge is -2.14. The number of carbonyl (C=O) groups is 1. The first kappa shape index (κ1) is 11.9. The molecule has 0 spiro atoms. The fourth-order valence-electron chi connectivity index (χ4n) is 1.86. The Morgan fingerprint density at radius 3 is 2.88 bits per heavy atom. The molecule has 2 unspecified atom stereocenters. The molecule has 1 amide bonds. The zero-order valence-corrected chi connectivity index (χ0v) is 11.2. The molecule has 3 nitrogen and oxygen atoms in total. The van der Waals surface area contributed by atoms with Crippen LogP contribution in [-0.2, 0) is 9.53 Å². The van der Waals surface area contributed by atoms with Crippen LogP contribution < -0.4 is 5.32 Å². The Bertz CT molecular complexity index is 394. The highest BCUT2D eigenvalue weighted by Gasteiger charge is 2.30. The molecular weight excluding hydrogens is 317 g/mol. The van der Waals surface area contributed by atoms with Gasteiger partial charge in [0, 0.05) is 10.2 Å². The first-order chi connectivity index (χ1) is 7.68. The van der Waals surface area contributed by atoms with Crippen LogP contribution in [0, 0.1) is 9.49 Å². The van der Waals surface area contributed by atoms with Gasteiger partial charge in [-0.15, -0.1) is 0 Å². The summed E-state index contributed by atoms with van der Waals surface area (Å²) in [7, 11) is 0. The number of benzene rings is 1. The van der Waals surface area contributed by atoms with Crippen LogP contribution >= 0.6 is 22.6 Å². The van der Waals surface area contributed by atoms with Crippen molar-refractivity contribution in [1.29, 1.82) is 0 Å². The lowest BCUT2D eigenvalue weighted by molar-refractivity contribution is -0.121. The molecule has 1 saturated heterocycles. The van der Waals surface area contributed by atoms with Gasteiger partial charge in [-0.3, -0.25) is 4.79 Å². The van der Waals surface area contributed by atoms with Crippen LogP contribution in [0.2, 0.25) is 0 Å². The number of carbonyl (C=O) groups excluding carboxylic acids is 1. The van der Waals surface area contributed by atoms with Crippen molar-refractivity contribution in [3.63, 3.8) is 0 Å². The van der Waals surface area contributed by atoms with E-state index in [2.05, 4.69) is 27.9 Å². The summed E-state index contributed by atoms with van der Waals surface area (Å²) in [6.45, 7) is 2.64. The van der Waals surface area contributed by atoms with Crippen molar-refractivity contribution in [3.8, 4) is 0 Å². The summed E-state index contributed by atoms with van der Waals surface area (Å²) in [6.07, 6.45) is 0.845. The van der Waals surface area contributed by atoms with E-state index in [1.807, 2.05) is 31.2 Å². The van der Waals surface area contributed by atoms with E-state index in [1.165, 1.54) is 0 Å². The highest BCUT2D eigenvalue weighted by Crippen LogP contribution is 2.24. The first-order valence-electron chi connectivity index (χ1n) is 5.35. The van der Waals surface area contributed by atoms with E-state index in [0.29, 0.717) is 6.61 Å². The van der Waals surface area contributed by atoms with E-state index < -0.39 is 0 Å². The maximum Gasteiger partial charge on any atom is 0.230 e. The zero-order chi connectivity index (χ0) is 11.5. The molecule has 0 saturated carbocycles. The molecule has 0 bridgehead atoms. The Hall–Kier alpha value is -0.620. The summed E-state index contributed by atoms with van der Waals surface area (Å²) in [4.78, 5) is 12.0. The zero-order valence-electron chi connectivity index (χ0n) is 9.07. The van der Waals surface area contributed by atoms with Crippen LogP contribution in [0.4, 0.5) is 5.69 Å². The average Bonchev–Trinajstić information content (AvgIpc) is 2.68. The van der Waals surface area contributed by atoms with Crippen molar-refractivity contribution in [2.24, 2.45) is 5.92 Å². The molecule has 0 aromatic heterocycles. The van der Waals surface area contributed by atoms with E-state index in [4.69, 9.17) is 4.74 Å². The van der Waals surface area contributed by atoms with Gasteiger partial charge in [0.05, 0.1) is 17.7 Å². The summed E-state index contributed by atoms with van der Waals surface area (Å²) >= 11 is 2.22. The van der Waals surface area contributed by atoms with Crippen LogP contribution in [0.5, 0.6) is 0 Å². The number of anilines is 1. The molecule has 1 aromatic rings. The van der Waals surface area contributed by atoms with Crippen molar-refractivity contribution < 1.29 is 9.53 Å². The third-order valence-corrected chi connectivity index (χ3v) is 3.79. The van der Waals surface area contributed by atoms with Crippen molar-refractivity contribution in [3.05, 3.63) is 27.8 Å². The Morgan fingerprint density at radius 2 is 2.25 bits per heavy atom. The number of para-hydroxylation sites is 1. The van der Waals surface area contributed by atoms with Gasteiger partial charge in [-0.2, -0.15) is 0 Å². The van der Waals surface area contributed by atoms with Crippen LogP contribution in [0.1, 0.15) is 13.3 Å². The van der Waals surface area contributed by atoms with Crippen molar-refractivity contribution in [1.82, 2.24) is 0 Å². The van der Waals surface area contributed by atoms with Gasteiger partial charge >= 0.3 is 0 Å². The van der Waals surface area contributed by atoms with Crippen molar-refractivity contribution in [2.75, 3.05) is 11.9 Å². The second-order valence-corrected chi connectivity index (χ2v) is 5.10. The van der Waals surface area contributed by atoms with Crippen LogP contribution in [0.15, 0.2) is 24.3 Å². The Kier molecular flexibility index (Phi) is 3.81. The lowest BCUT2D eigenvalue weighted by Crippen LogP contribution is -2.28. The summed E-state index contributed by atoms with van der Waals surface area (Å²) < 4.78 is 6.45. The van der Waals surface area contributed by atoms with E-state index in [1.54, 1.807) is 0 Å². The fraction of sp³-hybridized carbons (Fsp3) is 0.417. The lowest BCUT2D eigenvalue weighted by atomic mass is 10.0. The van der Waals surface area contributed by atoms with Gasteiger partial charge in [0.15, 0.2) is 0 Å². The van der Waals surface area contributed by atoms with Gasteiger partial charge in [-0.1, -0.05) is 12.1 Å². The number of hydrogen-bond acceptors (Lipinski definition) is 2. The quantitative estimate of drug-likeness (QED) is 0.846. The van der Waals surface area contributed by atoms with Gasteiger partial charge < -0.3 is 10.1 Å². The van der Waals surface area contributed by atoms with Crippen molar-refractivity contribution >= 4 is 34.2 Å². The highest BCUT2D eigenvalue weighted by atomic mass is 127. The van der Waals surface area contributed by atoms with Gasteiger partial charge in [-0.05, 0) is 48.1 Å². The van der Waals surface area contributed by atoms with Crippen LogP contribution in [0.25, 0.3) is 0 Å². The molecule has 4 heteroatoms. The van der Waals surface area contributed by atoms with E-state index in [0.717, 1.165) is 15.7 Å². The number of halogens is 1. The highest BCUT2D eigenvalue weighted by molar-refractivity contribution is 14.1. The van der Waals surface area contributed by atoms with Crippen LogP contribution in [0.3, 0.4) is 0 Å². The largest absolute Gasteiger partial charge is 0.378 e. The normalized spacial score (nSPS) is 24.4. The van der Waals surface area contributed by atoms with Gasteiger partial charge in [-0.25, -0.2) is 0 Å². The molecule has 1 heterocycles.